The molecule has 1 unspecified atom stereocenters. The van der Waals surface area contributed by atoms with Crippen LogP contribution in [-0.2, 0) is 17.4 Å². The lowest BCUT2D eigenvalue weighted by atomic mass is 10.1. The Bertz CT molecular complexity index is 479. The predicted octanol–water partition coefficient (Wildman–Crippen LogP) is 5.01. The number of aryl methyl sites for hydroxylation is 1. The molecule has 0 aliphatic heterocycles. The third-order valence-corrected chi connectivity index (χ3v) is 5.86. The molecule has 0 amide bonds. The van der Waals surface area contributed by atoms with Crippen molar-refractivity contribution in [1.82, 2.24) is 4.31 Å². The van der Waals surface area contributed by atoms with Gasteiger partial charge in [0.25, 0.3) is 0 Å². The number of anilines is 1. The van der Waals surface area contributed by atoms with Gasteiger partial charge in [0.15, 0.2) is 0 Å². The second kappa shape index (κ2) is 10.9. The highest BCUT2D eigenvalue weighted by Crippen LogP contribution is 2.15. The van der Waals surface area contributed by atoms with Crippen LogP contribution in [0.3, 0.4) is 0 Å². The normalized spacial score (nSPS) is 13.2. The molecule has 1 atom stereocenters. The molecule has 0 spiro atoms. The molecule has 1 aromatic carbocycles. The van der Waals surface area contributed by atoms with Crippen molar-refractivity contribution in [2.24, 2.45) is 0 Å². The zero-order valence-corrected chi connectivity index (χ0v) is 17.0. The van der Waals surface area contributed by atoms with E-state index in [0.717, 1.165) is 32.4 Å². The van der Waals surface area contributed by atoms with Gasteiger partial charge in [-0.15, -0.1) is 0 Å². The van der Waals surface area contributed by atoms with Gasteiger partial charge in [-0.3, -0.25) is 0 Å². The molecule has 0 aliphatic rings. The third-order valence-electron chi connectivity index (χ3n) is 4.06. The van der Waals surface area contributed by atoms with E-state index >= 15 is 0 Å². The Morgan fingerprint density at radius 3 is 2.29 bits per heavy atom. The van der Waals surface area contributed by atoms with Crippen LogP contribution in [0.4, 0.5) is 5.69 Å². The largest absolute Gasteiger partial charge is 0.385 e. The minimum absolute atomic E-state index is 0.167. The van der Waals surface area contributed by atoms with E-state index < -0.39 is 11.0 Å². The fraction of sp³-hybridized carbons (Fsp3) is 0.700. The van der Waals surface area contributed by atoms with Crippen LogP contribution >= 0.6 is 0 Å². The van der Waals surface area contributed by atoms with Crippen molar-refractivity contribution in [3.63, 3.8) is 0 Å². The van der Waals surface area contributed by atoms with Gasteiger partial charge >= 0.3 is 0 Å². The van der Waals surface area contributed by atoms with Gasteiger partial charge in [0, 0.05) is 18.8 Å². The first-order chi connectivity index (χ1) is 11.3. The Morgan fingerprint density at radius 2 is 1.71 bits per heavy atom. The lowest BCUT2D eigenvalue weighted by Gasteiger charge is -2.25. The molecule has 1 N–H and O–H groups in total. The highest BCUT2D eigenvalue weighted by Gasteiger charge is 2.22. The van der Waals surface area contributed by atoms with Gasteiger partial charge in [0.1, 0.15) is 0 Å². The second-order valence-electron chi connectivity index (χ2n) is 7.50. The minimum Gasteiger partial charge on any atom is -0.385 e. The monoisotopic (exact) mass is 352 g/mol. The Labute approximate surface area is 151 Å². The van der Waals surface area contributed by atoms with E-state index in [2.05, 4.69) is 36.5 Å². The molecule has 0 bridgehead atoms. The number of nitrogens with zero attached hydrogens (tertiary/aromatic N) is 1. The van der Waals surface area contributed by atoms with Crippen molar-refractivity contribution < 1.29 is 4.21 Å². The maximum atomic E-state index is 12.2. The molecule has 138 valence electrons. The first kappa shape index (κ1) is 21.2. The van der Waals surface area contributed by atoms with E-state index in [1.165, 1.54) is 30.5 Å². The number of hydrogen-bond acceptors (Lipinski definition) is 2. The Morgan fingerprint density at radius 1 is 1.04 bits per heavy atom. The number of unbranched alkanes of at least 4 members (excludes halogenated alkanes) is 3. The highest BCUT2D eigenvalue weighted by molar-refractivity contribution is 7.84. The summed E-state index contributed by atoms with van der Waals surface area (Å²) in [5.41, 5.74) is 2.64. The SMILES string of the molecule is CCCCc1ccc(NCCCCCN(C)S(=O)C(C)(C)C)cc1. The van der Waals surface area contributed by atoms with E-state index in [1.807, 2.05) is 32.1 Å². The standard InChI is InChI=1S/C20H36N2OS/c1-6-7-11-18-12-14-19(15-13-18)21-16-9-8-10-17-22(5)24(23)20(2,3)4/h12-15,21H,6-11,16-17H2,1-5H3. The van der Waals surface area contributed by atoms with Crippen LogP contribution in [0.15, 0.2) is 24.3 Å². The zero-order valence-electron chi connectivity index (χ0n) is 16.2. The summed E-state index contributed by atoms with van der Waals surface area (Å²) in [6.07, 6.45) is 7.09. The van der Waals surface area contributed by atoms with Gasteiger partial charge in [0.2, 0.25) is 0 Å². The van der Waals surface area contributed by atoms with Crippen LogP contribution in [0.5, 0.6) is 0 Å². The average molecular weight is 353 g/mol. The van der Waals surface area contributed by atoms with Crippen molar-refractivity contribution in [2.75, 3.05) is 25.5 Å². The van der Waals surface area contributed by atoms with E-state index in [1.54, 1.807) is 0 Å². The van der Waals surface area contributed by atoms with Crippen LogP contribution in [0.2, 0.25) is 0 Å². The minimum atomic E-state index is -0.906. The first-order valence-corrected chi connectivity index (χ1v) is 10.4. The molecule has 0 fully saturated rings. The number of nitrogens with one attached hydrogen (secondary N) is 1. The summed E-state index contributed by atoms with van der Waals surface area (Å²) >= 11 is 0. The van der Waals surface area contributed by atoms with Gasteiger partial charge < -0.3 is 5.32 Å². The Kier molecular flexibility index (Phi) is 9.60. The lowest BCUT2D eigenvalue weighted by Crippen LogP contribution is -2.35. The maximum absolute atomic E-state index is 12.2. The maximum Gasteiger partial charge on any atom is 0.0994 e. The van der Waals surface area contributed by atoms with Gasteiger partial charge in [-0.25, -0.2) is 8.51 Å². The van der Waals surface area contributed by atoms with E-state index in [0.29, 0.717) is 0 Å². The van der Waals surface area contributed by atoms with Crippen molar-refractivity contribution in [1.29, 1.82) is 0 Å². The molecule has 1 rings (SSSR count). The highest BCUT2D eigenvalue weighted by atomic mass is 32.2. The van der Waals surface area contributed by atoms with Crippen LogP contribution in [0, 0.1) is 0 Å². The molecular weight excluding hydrogens is 316 g/mol. The van der Waals surface area contributed by atoms with E-state index in [4.69, 9.17) is 0 Å². The molecule has 1 aromatic rings. The Hall–Kier alpha value is -0.870. The summed E-state index contributed by atoms with van der Waals surface area (Å²) in [5.74, 6) is 0. The zero-order chi connectivity index (χ0) is 18.0. The van der Waals surface area contributed by atoms with Crippen LogP contribution in [0.25, 0.3) is 0 Å². The molecular formula is C20H36N2OS. The molecule has 0 saturated heterocycles. The van der Waals surface area contributed by atoms with Crippen molar-refractivity contribution >= 4 is 16.7 Å². The van der Waals surface area contributed by atoms with Crippen molar-refractivity contribution in [3.05, 3.63) is 29.8 Å². The summed E-state index contributed by atoms with van der Waals surface area (Å²) in [6.45, 7) is 10.2. The summed E-state index contributed by atoms with van der Waals surface area (Å²) in [6, 6.07) is 8.83. The second-order valence-corrected chi connectivity index (χ2v) is 9.85. The predicted molar refractivity (Wildman–Crippen MR) is 108 cm³/mol. The molecule has 0 radical (unpaired) electrons. The Balaban J connectivity index is 2.15. The summed E-state index contributed by atoms with van der Waals surface area (Å²) in [5, 5.41) is 3.49. The summed E-state index contributed by atoms with van der Waals surface area (Å²) < 4.78 is 14.0. The van der Waals surface area contributed by atoms with Gasteiger partial charge in [-0.05, 0) is 71.2 Å². The average Bonchev–Trinajstić information content (AvgIpc) is 2.55. The van der Waals surface area contributed by atoms with Crippen molar-refractivity contribution in [2.45, 2.75) is 71.0 Å². The summed E-state index contributed by atoms with van der Waals surface area (Å²) in [7, 11) is 1.05. The fourth-order valence-electron chi connectivity index (χ4n) is 2.59. The fourth-order valence-corrected chi connectivity index (χ4v) is 3.82. The van der Waals surface area contributed by atoms with Crippen molar-refractivity contribution in [3.8, 4) is 0 Å². The summed E-state index contributed by atoms with van der Waals surface area (Å²) in [4.78, 5) is 0. The van der Waals surface area contributed by atoms with E-state index in [-0.39, 0.29) is 4.75 Å². The van der Waals surface area contributed by atoms with Crippen LogP contribution < -0.4 is 5.32 Å². The molecule has 0 saturated carbocycles. The van der Waals surface area contributed by atoms with Gasteiger partial charge in [0.05, 0.1) is 15.7 Å². The smallest absolute Gasteiger partial charge is 0.0994 e. The molecule has 3 nitrogen and oxygen atoms in total. The van der Waals surface area contributed by atoms with Crippen LogP contribution in [-0.4, -0.2) is 33.4 Å². The topological polar surface area (TPSA) is 32.3 Å². The first-order valence-electron chi connectivity index (χ1n) is 9.30. The number of hydrogen-bond donors (Lipinski definition) is 1. The molecule has 24 heavy (non-hydrogen) atoms. The van der Waals surface area contributed by atoms with E-state index in [9.17, 15) is 4.21 Å². The molecule has 4 heteroatoms. The lowest BCUT2D eigenvalue weighted by molar-refractivity contribution is 0.478. The third kappa shape index (κ3) is 8.29. The van der Waals surface area contributed by atoms with Crippen LogP contribution in [0.1, 0.15) is 65.4 Å². The molecule has 0 heterocycles. The quantitative estimate of drug-likeness (QED) is 0.568. The number of benzene rings is 1. The molecule has 0 aliphatic carbocycles. The van der Waals surface area contributed by atoms with Gasteiger partial charge in [-0.1, -0.05) is 31.9 Å². The van der Waals surface area contributed by atoms with Gasteiger partial charge in [-0.2, -0.15) is 0 Å². The molecule has 0 aromatic heterocycles. The number of rotatable bonds is 11.